The van der Waals surface area contributed by atoms with Gasteiger partial charge in [0.2, 0.25) is 5.89 Å². The van der Waals surface area contributed by atoms with Crippen molar-refractivity contribution in [1.29, 1.82) is 0 Å². The molecule has 6 heteroatoms. The van der Waals surface area contributed by atoms with E-state index in [1.807, 2.05) is 97.1 Å². The maximum atomic E-state index is 6.82. The molecule has 3 aromatic heterocycles. The predicted molar refractivity (Wildman–Crippen MR) is 245 cm³/mol. The molecule has 0 saturated carbocycles. The van der Waals surface area contributed by atoms with E-state index in [0.717, 1.165) is 83.1 Å². The molecule has 0 saturated heterocycles. The fraction of sp³-hybridized carbons (Fsp3) is 0.0545. The van der Waals surface area contributed by atoms with E-state index < -0.39 is 0 Å². The van der Waals surface area contributed by atoms with Crippen molar-refractivity contribution in [1.82, 2.24) is 19.9 Å². The van der Waals surface area contributed by atoms with Gasteiger partial charge in [-0.1, -0.05) is 153 Å². The van der Waals surface area contributed by atoms with Gasteiger partial charge in [-0.2, -0.15) is 0 Å². The third-order valence-corrected chi connectivity index (χ3v) is 12.2. The summed E-state index contributed by atoms with van der Waals surface area (Å²) in [4.78, 5) is 19.9. The van der Waals surface area contributed by atoms with E-state index in [-0.39, 0.29) is 5.41 Å². The Morgan fingerprint density at radius 2 is 0.967 bits per heavy atom. The summed E-state index contributed by atoms with van der Waals surface area (Å²) < 4.78 is 13.4. The van der Waals surface area contributed by atoms with Crippen LogP contribution in [0.25, 0.3) is 112 Å². The lowest BCUT2D eigenvalue weighted by atomic mass is 9.81. The van der Waals surface area contributed by atoms with Gasteiger partial charge in [-0.15, -0.1) is 0 Å². The lowest BCUT2D eigenvalue weighted by Gasteiger charge is -2.22. The average molecular weight is 785 g/mol. The standard InChI is InChI=1S/C55H36N4O2/c1-55(2)43-29-30-45-50(61-54(56-45)35-19-10-5-11-20-35)48(43)41-26-25-37(32-44(41)55)40-28-27-39(47-42-23-12-13-24-46(42)60-49(40)47)36-21-14-22-38(31-36)53-58-51(33-15-6-3-7-16-33)57-52(59-53)34-17-8-4-9-18-34/h3-32H,1-2H3. The zero-order valence-electron chi connectivity index (χ0n) is 33.4. The quantitative estimate of drug-likeness (QED) is 0.167. The van der Waals surface area contributed by atoms with Gasteiger partial charge in [0.15, 0.2) is 23.1 Å². The fourth-order valence-corrected chi connectivity index (χ4v) is 9.14. The van der Waals surface area contributed by atoms with Gasteiger partial charge >= 0.3 is 0 Å². The Bertz CT molecular complexity index is 3440. The molecule has 0 radical (unpaired) electrons. The number of furan rings is 1. The molecule has 6 nitrogen and oxygen atoms in total. The number of aromatic nitrogens is 4. The molecule has 0 bridgehead atoms. The highest BCUT2D eigenvalue weighted by atomic mass is 16.3. The Balaban J connectivity index is 0.991. The molecule has 1 aliphatic rings. The number of hydrogen-bond acceptors (Lipinski definition) is 6. The highest BCUT2D eigenvalue weighted by Gasteiger charge is 2.38. The molecule has 1 aliphatic carbocycles. The van der Waals surface area contributed by atoms with Crippen LogP contribution in [-0.4, -0.2) is 19.9 Å². The first-order valence-corrected chi connectivity index (χ1v) is 20.5. The number of oxazole rings is 1. The molecule has 8 aromatic carbocycles. The minimum atomic E-state index is -0.266. The minimum absolute atomic E-state index is 0.266. The summed E-state index contributed by atoms with van der Waals surface area (Å²) in [6.07, 6.45) is 0. The van der Waals surface area contributed by atoms with Crippen LogP contribution in [0.15, 0.2) is 191 Å². The third-order valence-electron chi connectivity index (χ3n) is 12.2. The van der Waals surface area contributed by atoms with Gasteiger partial charge in [-0.05, 0) is 75.8 Å². The van der Waals surface area contributed by atoms with E-state index in [0.29, 0.717) is 23.4 Å². The average Bonchev–Trinajstić information content (AvgIpc) is 4.00. The van der Waals surface area contributed by atoms with E-state index in [2.05, 4.69) is 98.8 Å². The van der Waals surface area contributed by atoms with Crippen LogP contribution in [0.5, 0.6) is 0 Å². The third kappa shape index (κ3) is 5.64. The molecule has 0 spiro atoms. The molecular weight excluding hydrogens is 749 g/mol. The SMILES string of the molecule is CC1(C)c2cc(-c3ccc(-c4cccc(-c5nc(-c6ccccc6)nc(-c6ccccc6)n5)c4)c4c3oc3ccccc34)ccc2-c2c1ccc1nc(-c3ccccc3)oc21. The molecule has 288 valence electrons. The number of fused-ring (bicyclic) bond motifs is 8. The summed E-state index contributed by atoms with van der Waals surface area (Å²) in [6.45, 7) is 4.60. The van der Waals surface area contributed by atoms with Crippen molar-refractivity contribution in [2.45, 2.75) is 19.3 Å². The van der Waals surface area contributed by atoms with Crippen LogP contribution < -0.4 is 0 Å². The Morgan fingerprint density at radius 3 is 1.69 bits per heavy atom. The number of benzene rings is 8. The van der Waals surface area contributed by atoms with Gasteiger partial charge in [0.1, 0.15) is 16.7 Å². The summed E-state index contributed by atoms with van der Waals surface area (Å²) in [5, 5.41) is 2.13. The molecule has 0 N–H and O–H groups in total. The van der Waals surface area contributed by atoms with Crippen molar-refractivity contribution in [2.75, 3.05) is 0 Å². The number of nitrogens with zero attached hydrogens (tertiary/aromatic N) is 4. The number of para-hydroxylation sites is 1. The minimum Gasteiger partial charge on any atom is -0.455 e. The lowest BCUT2D eigenvalue weighted by molar-refractivity contribution is 0.618. The number of hydrogen-bond donors (Lipinski definition) is 0. The van der Waals surface area contributed by atoms with Gasteiger partial charge in [0.05, 0.1) is 0 Å². The normalized spacial score (nSPS) is 12.9. The Labute approximate surface area is 351 Å². The van der Waals surface area contributed by atoms with E-state index >= 15 is 0 Å². The first-order chi connectivity index (χ1) is 30.0. The maximum Gasteiger partial charge on any atom is 0.227 e. The summed E-state index contributed by atoms with van der Waals surface area (Å²) >= 11 is 0. The fourth-order valence-electron chi connectivity index (χ4n) is 9.14. The van der Waals surface area contributed by atoms with Crippen molar-refractivity contribution in [3.05, 3.63) is 193 Å². The molecule has 0 amide bonds. The lowest BCUT2D eigenvalue weighted by Crippen LogP contribution is -2.15. The first kappa shape index (κ1) is 35.0. The molecule has 0 atom stereocenters. The van der Waals surface area contributed by atoms with Gasteiger partial charge in [-0.3, -0.25) is 0 Å². The van der Waals surface area contributed by atoms with Crippen molar-refractivity contribution in [2.24, 2.45) is 0 Å². The van der Waals surface area contributed by atoms with Crippen LogP contribution in [0.1, 0.15) is 25.0 Å². The topological polar surface area (TPSA) is 77.8 Å². The Kier molecular flexibility index (Phi) is 7.78. The monoisotopic (exact) mass is 784 g/mol. The zero-order chi connectivity index (χ0) is 40.7. The summed E-state index contributed by atoms with van der Waals surface area (Å²) in [7, 11) is 0. The highest BCUT2D eigenvalue weighted by molar-refractivity contribution is 6.16. The van der Waals surface area contributed by atoms with Crippen LogP contribution in [0.3, 0.4) is 0 Å². The maximum absolute atomic E-state index is 6.82. The zero-order valence-corrected chi connectivity index (χ0v) is 33.4. The Morgan fingerprint density at radius 1 is 0.393 bits per heavy atom. The molecule has 12 rings (SSSR count). The van der Waals surface area contributed by atoms with Crippen LogP contribution in [0.2, 0.25) is 0 Å². The van der Waals surface area contributed by atoms with Crippen molar-refractivity contribution in [3.8, 4) is 79.0 Å². The molecule has 0 unspecified atom stereocenters. The smallest absolute Gasteiger partial charge is 0.227 e. The summed E-state index contributed by atoms with van der Waals surface area (Å²) in [5.74, 6) is 2.50. The molecule has 0 fully saturated rings. The molecule has 11 aromatic rings. The number of rotatable bonds is 6. The van der Waals surface area contributed by atoms with Gasteiger partial charge in [0.25, 0.3) is 0 Å². The van der Waals surface area contributed by atoms with E-state index in [9.17, 15) is 0 Å². The van der Waals surface area contributed by atoms with Crippen molar-refractivity contribution >= 4 is 33.0 Å². The van der Waals surface area contributed by atoms with E-state index in [1.54, 1.807) is 0 Å². The van der Waals surface area contributed by atoms with Crippen molar-refractivity contribution < 1.29 is 8.83 Å². The first-order valence-electron chi connectivity index (χ1n) is 20.5. The molecule has 61 heavy (non-hydrogen) atoms. The van der Waals surface area contributed by atoms with Gasteiger partial charge in [0, 0.05) is 49.6 Å². The Hall–Kier alpha value is -7.96. The second-order valence-corrected chi connectivity index (χ2v) is 16.2. The summed E-state index contributed by atoms with van der Waals surface area (Å²) in [6, 6.07) is 62.6. The largest absolute Gasteiger partial charge is 0.455 e. The predicted octanol–water partition coefficient (Wildman–Crippen LogP) is 14.2. The summed E-state index contributed by atoms with van der Waals surface area (Å²) in [5.41, 5.74) is 15.8. The molecular formula is C55H36N4O2. The van der Waals surface area contributed by atoms with Crippen LogP contribution >= 0.6 is 0 Å². The van der Waals surface area contributed by atoms with E-state index in [1.165, 1.54) is 16.7 Å². The second kappa shape index (κ2) is 13.5. The van der Waals surface area contributed by atoms with Crippen LogP contribution in [-0.2, 0) is 5.41 Å². The van der Waals surface area contributed by atoms with Gasteiger partial charge < -0.3 is 8.83 Å². The van der Waals surface area contributed by atoms with E-state index in [4.69, 9.17) is 28.8 Å². The van der Waals surface area contributed by atoms with Crippen LogP contribution in [0, 0.1) is 0 Å². The van der Waals surface area contributed by atoms with Crippen LogP contribution in [0.4, 0.5) is 0 Å². The highest BCUT2D eigenvalue weighted by Crippen LogP contribution is 2.53. The second-order valence-electron chi connectivity index (χ2n) is 16.2. The molecule has 0 aliphatic heterocycles. The van der Waals surface area contributed by atoms with Gasteiger partial charge in [-0.25, -0.2) is 19.9 Å². The molecule has 3 heterocycles. The van der Waals surface area contributed by atoms with Crippen molar-refractivity contribution in [3.63, 3.8) is 0 Å².